The van der Waals surface area contributed by atoms with Crippen LogP contribution in [0.4, 0.5) is 0 Å². The van der Waals surface area contributed by atoms with E-state index in [2.05, 4.69) is 11.4 Å². The Morgan fingerprint density at radius 3 is 2.21 bits per heavy atom. The fraction of sp³-hybridized carbons (Fsp3) is 0.350. The number of ether oxygens (including phenoxy) is 2. The van der Waals surface area contributed by atoms with Gasteiger partial charge in [0, 0.05) is 0 Å². The Hall–Kier alpha value is -2.49. The average Bonchev–Trinajstić information content (AvgIpc) is 2.57. The van der Waals surface area contributed by atoms with E-state index < -0.39 is 0 Å². The number of aryl methyl sites for hydroxylation is 2. The summed E-state index contributed by atoms with van der Waals surface area (Å²) in [6.45, 7) is 6.07. The molecule has 128 valence electrons. The van der Waals surface area contributed by atoms with Crippen molar-refractivity contribution in [3.05, 3.63) is 59.2 Å². The molecule has 1 unspecified atom stereocenters. The average molecular weight is 327 g/mol. The van der Waals surface area contributed by atoms with Crippen LogP contribution in [0.3, 0.4) is 0 Å². The predicted molar refractivity (Wildman–Crippen MR) is 95.6 cm³/mol. The van der Waals surface area contributed by atoms with Crippen LogP contribution in [0.1, 0.15) is 36.1 Å². The summed E-state index contributed by atoms with van der Waals surface area (Å²) in [4.78, 5) is 12.2. The molecule has 0 fully saturated rings. The van der Waals surface area contributed by atoms with Gasteiger partial charge in [0.25, 0.3) is 5.91 Å². The van der Waals surface area contributed by atoms with Crippen LogP contribution in [0, 0.1) is 13.8 Å². The predicted octanol–water partition coefficient (Wildman–Crippen LogP) is 3.96. The van der Waals surface area contributed by atoms with Crippen LogP contribution >= 0.6 is 0 Å². The number of nitrogens with one attached hydrogen (secondary N) is 1. The molecule has 0 aliphatic heterocycles. The highest BCUT2D eigenvalue weighted by Gasteiger charge is 2.13. The molecule has 0 saturated carbocycles. The van der Waals surface area contributed by atoms with Gasteiger partial charge in [0.05, 0.1) is 13.2 Å². The third-order valence-electron chi connectivity index (χ3n) is 3.83. The van der Waals surface area contributed by atoms with Gasteiger partial charge in [-0.25, -0.2) is 0 Å². The zero-order chi connectivity index (χ0) is 17.5. The first-order valence-electron chi connectivity index (χ1n) is 8.16. The van der Waals surface area contributed by atoms with Gasteiger partial charge in [-0.05, 0) is 61.2 Å². The molecule has 2 rings (SSSR count). The second-order valence-electron chi connectivity index (χ2n) is 5.91. The van der Waals surface area contributed by atoms with Crippen LogP contribution in [0.15, 0.2) is 42.5 Å². The lowest BCUT2D eigenvalue weighted by atomic mass is 10.0. The fourth-order valence-electron chi connectivity index (χ4n) is 2.66. The Morgan fingerprint density at radius 2 is 1.67 bits per heavy atom. The van der Waals surface area contributed by atoms with Gasteiger partial charge < -0.3 is 14.8 Å². The van der Waals surface area contributed by atoms with E-state index in [1.54, 1.807) is 7.11 Å². The zero-order valence-electron chi connectivity index (χ0n) is 14.8. The van der Waals surface area contributed by atoms with Crippen LogP contribution in [0.2, 0.25) is 0 Å². The van der Waals surface area contributed by atoms with Crippen molar-refractivity contribution in [2.45, 2.75) is 33.2 Å². The van der Waals surface area contributed by atoms with Gasteiger partial charge in [-0.3, -0.25) is 4.79 Å². The largest absolute Gasteiger partial charge is 0.497 e. The maximum absolute atomic E-state index is 12.2. The number of methoxy groups -OCH3 is 1. The third kappa shape index (κ3) is 5.01. The second kappa shape index (κ2) is 8.39. The Kier molecular flexibility index (Phi) is 6.24. The van der Waals surface area contributed by atoms with E-state index in [0.29, 0.717) is 0 Å². The molecule has 0 heterocycles. The van der Waals surface area contributed by atoms with Crippen molar-refractivity contribution in [1.82, 2.24) is 5.32 Å². The summed E-state index contributed by atoms with van der Waals surface area (Å²) < 4.78 is 10.8. The number of hydrogen-bond acceptors (Lipinski definition) is 3. The van der Waals surface area contributed by atoms with Crippen molar-refractivity contribution < 1.29 is 14.3 Å². The lowest BCUT2D eigenvalue weighted by molar-refractivity contribution is -0.123. The molecule has 2 aromatic rings. The van der Waals surface area contributed by atoms with Crippen LogP contribution in [-0.2, 0) is 4.79 Å². The van der Waals surface area contributed by atoms with Crippen molar-refractivity contribution in [2.24, 2.45) is 0 Å². The molecule has 0 radical (unpaired) electrons. The summed E-state index contributed by atoms with van der Waals surface area (Å²) >= 11 is 0. The first-order chi connectivity index (χ1) is 11.5. The Balaban J connectivity index is 1.93. The maximum atomic E-state index is 12.2. The lowest BCUT2D eigenvalue weighted by Gasteiger charge is -2.18. The molecule has 0 saturated heterocycles. The standard InChI is InChI=1S/C20H25NO3/c1-5-19(16-6-8-17(23-4)9-7-16)21-20(22)13-24-18-11-14(2)10-15(3)12-18/h6-12,19H,5,13H2,1-4H3,(H,21,22). The van der Waals surface area contributed by atoms with E-state index in [1.165, 1.54) is 0 Å². The minimum atomic E-state index is -0.128. The highest BCUT2D eigenvalue weighted by molar-refractivity contribution is 5.78. The van der Waals surface area contributed by atoms with Crippen LogP contribution in [0.25, 0.3) is 0 Å². The van der Waals surface area contributed by atoms with Crippen LogP contribution in [-0.4, -0.2) is 19.6 Å². The van der Waals surface area contributed by atoms with Crippen molar-refractivity contribution in [2.75, 3.05) is 13.7 Å². The minimum Gasteiger partial charge on any atom is -0.497 e. The molecular formula is C20H25NO3. The summed E-state index contributed by atoms with van der Waals surface area (Å²) in [6, 6.07) is 13.6. The van der Waals surface area contributed by atoms with E-state index in [0.717, 1.165) is 34.6 Å². The Bertz CT molecular complexity index is 660. The molecule has 2 aromatic carbocycles. The number of hydrogen-bond donors (Lipinski definition) is 1. The van der Waals surface area contributed by atoms with Crippen LogP contribution < -0.4 is 14.8 Å². The lowest BCUT2D eigenvalue weighted by Crippen LogP contribution is -2.32. The number of benzene rings is 2. The van der Waals surface area contributed by atoms with Gasteiger partial charge in [-0.1, -0.05) is 25.1 Å². The molecule has 1 amide bonds. The monoisotopic (exact) mass is 327 g/mol. The molecular weight excluding hydrogens is 302 g/mol. The number of carbonyl (C=O) groups excluding carboxylic acids is 1. The topological polar surface area (TPSA) is 47.6 Å². The van der Waals surface area contributed by atoms with Crippen LogP contribution in [0.5, 0.6) is 11.5 Å². The third-order valence-corrected chi connectivity index (χ3v) is 3.83. The normalized spacial score (nSPS) is 11.7. The Labute approximate surface area is 143 Å². The van der Waals surface area contributed by atoms with Crippen molar-refractivity contribution in [3.8, 4) is 11.5 Å². The zero-order valence-corrected chi connectivity index (χ0v) is 14.8. The van der Waals surface area contributed by atoms with Gasteiger partial charge in [0.2, 0.25) is 0 Å². The number of rotatable bonds is 7. The van der Waals surface area contributed by atoms with Gasteiger partial charge >= 0.3 is 0 Å². The summed E-state index contributed by atoms with van der Waals surface area (Å²) in [5.41, 5.74) is 3.29. The van der Waals surface area contributed by atoms with Crippen molar-refractivity contribution in [3.63, 3.8) is 0 Å². The molecule has 24 heavy (non-hydrogen) atoms. The summed E-state index contributed by atoms with van der Waals surface area (Å²) in [7, 11) is 1.64. The van der Waals surface area contributed by atoms with E-state index in [1.807, 2.05) is 57.2 Å². The SMILES string of the molecule is CCC(NC(=O)COc1cc(C)cc(C)c1)c1ccc(OC)cc1. The second-order valence-corrected chi connectivity index (χ2v) is 5.91. The molecule has 0 spiro atoms. The quantitative estimate of drug-likeness (QED) is 0.837. The van der Waals surface area contributed by atoms with Gasteiger partial charge in [-0.2, -0.15) is 0 Å². The fourth-order valence-corrected chi connectivity index (χ4v) is 2.66. The van der Waals surface area contributed by atoms with Crippen molar-refractivity contribution in [1.29, 1.82) is 0 Å². The first-order valence-corrected chi connectivity index (χ1v) is 8.16. The van der Waals surface area contributed by atoms with E-state index in [4.69, 9.17) is 9.47 Å². The molecule has 1 N–H and O–H groups in total. The molecule has 0 aliphatic rings. The smallest absolute Gasteiger partial charge is 0.258 e. The molecule has 4 heteroatoms. The van der Waals surface area contributed by atoms with Crippen molar-refractivity contribution >= 4 is 5.91 Å². The van der Waals surface area contributed by atoms with E-state index >= 15 is 0 Å². The molecule has 1 atom stereocenters. The molecule has 0 aromatic heterocycles. The summed E-state index contributed by atoms with van der Waals surface area (Å²) in [5.74, 6) is 1.40. The molecule has 0 bridgehead atoms. The minimum absolute atomic E-state index is 0.00947. The highest BCUT2D eigenvalue weighted by atomic mass is 16.5. The number of amides is 1. The van der Waals surface area contributed by atoms with Gasteiger partial charge in [-0.15, -0.1) is 0 Å². The van der Waals surface area contributed by atoms with Gasteiger partial charge in [0.15, 0.2) is 6.61 Å². The number of carbonyl (C=O) groups is 1. The highest BCUT2D eigenvalue weighted by Crippen LogP contribution is 2.20. The maximum Gasteiger partial charge on any atom is 0.258 e. The van der Waals surface area contributed by atoms with Gasteiger partial charge in [0.1, 0.15) is 11.5 Å². The summed E-state index contributed by atoms with van der Waals surface area (Å²) in [5, 5.41) is 3.02. The van der Waals surface area contributed by atoms with E-state index in [9.17, 15) is 4.79 Å². The molecule has 4 nitrogen and oxygen atoms in total. The van der Waals surface area contributed by atoms with E-state index in [-0.39, 0.29) is 18.6 Å². The first kappa shape index (κ1) is 17.9. The summed E-state index contributed by atoms with van der Waals surface area (Å²) in [6.07, 6.45) is 0.807. The molecule has 0 aliphatic carbocycles. The Morgan fingerprint density at radius 1 is 1.04 bits per heavy atom.